The molecule has 1 aliphatic carbocycles. The lowest BCUT2D eigenvalue weighted by molar-refractivity contribution is -0.145. The highest BCUT2D eigenvalue weighted by atomic mass is 79.9. The molecule has 0 amide bonds. The first kappa shape index (κ1) is 15.6. The first-order chi connectivity index (χ1) is 9.50. The van der Waals surface area contributed by atoms with Gasteiger partial charge in [0.1, 0.15) is 5.54 Å². The second-order valence-corrected chi connectivity index (χ2v) is 6.61. The van der Waals surface area contributed by atoms with Crippen LogP contribution in [0.4, 0.5) is 5.69 Å². The van der Waals surface area contributed by atoms with Crippen molar-refractivity contribution < 1.29 is 9.53 Å². The van der Waals surface area contributed by atoms with E-state index in [1.807, 2.05) is 18.2 Å². The lowest BCUT2D eigenvalue weighted by Crippen LogP contribution is -2.45. The smallest absolute Gasteiger partial charge is 0.331 e. The number of methoxy groups -OCH3 is 1. The molecule has 2 unspecified atom stereocenters. The Bertz CT molecular complexity index is 509. The lowest BCUT2D eigenvalue weighted by atomic mass is 9.94. The van der Waals surface area contributed by atoms with Crippen molar-refractivity contribution in [3.8, 4) is 0 Å². The highest BCUT2D eigenvalue weighted by Gasteiger charge is 2.45. The molecule has 1 N–H and O–H groups in total. The van der Waals surface area contributed by atoms with Crippen LogP contribution < -0.4 is 5.32 Å². The van der Waals surface area contributed by atoms with E-state index in [-0.39, 0.29) is 5.97 Å². The second-order valence-electron chi connectivity index (χ2n) is 5.34. The van der Waals surface area contributed by atoms with Crippen LogP contribution >= 0.6 is 27.5 Å². The number of esters is 1. The minimum Gasteiger partial charge on any atom is -0.467 e. The topological polar surface area (TPSA) is 38.3 Å². The molecule has 1 saturated carbocycles. The van der Waals surface area contributed by atoms with Gasteiger partial charge in [0.05, 0.1) is 12.1 Å². The lowest BCUT2D eigenvalue weighted by Gasteiger charge is -2.29. The number of rotatable bonds is 4. The zero-order chi connectivity index (χ0) is 14.8. The molecule has 20 heavy (non-hydrogen) atoms. The summed E-state index contributed by atoms with van der Waals surface area (Å²) in [5.41, 5.74) is 0.270. The fourth-order valence-corrected chi connectivity index (χ4v) is 3.39. The van der Waals surface area contributed by atoms with Crippen LogP contribution in [-0.4, -0.2) is 18.6 Å². The van der Waals surface area contributed by atoms with Gasteiger partial charge in [0.15, 0.2) is 0 Å². The second kappa shape index (κ2) is 6.35. The number of carbonyl (C=O) groups is 1. The van der Waals surface area contributed by atoms with Gasteiger partial charge in [-0.05, 0) is 59.3 Å². The predicted molar refractivity (Wildman–Crippen MR) is 85.2 cm³/mol. The summed E-state index contributed by atoms with van der Waals surface area (Å²) in [5.74, 6) is 0.386. The molecule has 1 aromatic rings. The summed E-state index contributed by atoms with van der Waals surface area (Å²) >= 11 is 9.41. The van der Waals surface area contributed by atoms with Gasteiger partial charge in [-0.3, -0.25) is 0 Å². The molecule has 2 atom stereocenters. The molecule has 1 fully saturated rings. The third-order valence-corrected chi connectivity index (χ3v) is 5.29. The highest BCUT2D eigenvalue weighted by molar-refractivity contribution is 9.10. The SMILES string of the molecule is CCC1CCC(Nc2ccc(Cl)c(Br)c2)(C(=O)OC)C1. The van der Waals surface area contributed by atoms with Crippen molar-refractivity contribution in [3.05, 3.63) is 27.7 Å². The summed E-state index contributed by atoms with van der Waals surface area (Å²) in [6.07, 6.45) is 3.76. The van der Waals surface area contributed by atoms with Crippen LogP contribution in [0.2, 0.25) is 5.02 Å². The fraction of sp³-hybridized carbons (Fsp3) is 0.533. The Hall–Kier alpha value is -0.740. The maximum atomic E-state index is 12.2. The Morgan fingerprint density at radius 1 is 1.60 bits per heavy atom. The van der Waals surface area contributed by atoms with Gasteiger partial charge in [-0.25, -0.2) is 4.79 Å². The number of nitrogens with one attached hydrogen (secondary N) is 1. The summed E-state index contributed by atoms with van der Waals surface area (Å²) in [5, 5.41) is 4.03. The van der Waals surface area contributed by atoms with Crippen LogP contribution in [0, 0.1) is 5.92 Å². The Morgan fingerprint density at radius 2 is 2.35 bits per heavy atom. The van der Waals surface area contributed by atoms with E-state index in [9.17, 15) is 4.79 Å². The van der Waals surface area contributed by atoms with Gasteiger partial charge in [-0.2, -0.15) is 0 Å². The summed E-state index contributed by atoms with van der Waals surface area (Å²) in [6, 6.07) is 5.59. The number of anilines is 1. The Labute approximate surface area is 133 Å². The zero-order valence-corrected chi connectivity index (χ0v) is 14.1. The number of hydrogen-bond donors (Lipinski definition) is 1. The zero-order valence-electron chi connectivity index (χ0n) is 11.7. The van der Waals surface area contributed by atoms with E-state index >= 15 is 0 Å². The number of benzene rings is 1. The predicted octanol–water partition coefficient (Wildman–Crippen LogP) is 4.64. The van der Waals surface area contributed by atoms with Crippen LogP contribution in [-0.2, 0) is 9.53 Å². The summed E-state index contributed by atoms with van der Waals surface area (Å²) in [4.78, 5) is 12.2. The minimum absolute atomic E-state index is 0.181. The average molecular weight is 361 g/mol. The minimum atomic E-state index is -0.608. The normalized spacial score (nSPS) is 25.5. The Kier molecular flexibility index (Phi) is 4.97. The Morgan fingerprint density at radius 3 is 2.90 bits per heavy atom. The Balaban J connectivity index is 2.24. The van der Waals surface area contributed by atoms with Crippen LogP contribution in [0.1, 0.15) is 32.6 Å². The maximum Gasteiger partial charge on any atom is 0.331 e. The molecule has 0 spiro atoms. The molecule has 0 radical (unpaired) electrons. The third-order valence-electron chi connectivity index (χ3n) is 4.07. The molecule has 5 heteroatoms. The van der Waals surface area contributed by atoms with Crippen LogP contribution in [0.25, 0.3) is 0 Å². The number of carbonyl (C=O) groups excluding carboxylic acids is 1. The van der Waals surface area contributed by atoms with Crippen molar-refractivity contribution in [1.29, 1.82) is 0 Å². The molecular weight excluding hydrogens is 342 g/mol. The molecule has 0 saturated heterocycles. The van der Waals surface area contributed by atoms with Crippen molar-refractivity contribution in [2.24, 2.45) is 5.92 Å². The van der Waals surface area contributed by atoms with E-state index in [4.69, 9.17) is 16.3 Å². The van der Waals surface area contributed by atoms with E-state index < -0.39 is 5.54 Å². The summed E-state index contributed by atoms with van der Waals surface area (Å²) < 4.78 is 5.83. The molecule has 1 aromatic carbocycles. The number of hydrogen-bond acceptors (Lipinski definition) is 3. The van der Waals surface area contributed by atoms with Gasteiger partial charge in [0, 0.05) is 10.2 Å². The van der Waals surface area contributed by atoms with Crippen molar-refractivity contribution in [2.75, 3.05) is 12.4 Å². The highest BCUT2D eigenvalue weighted by Crippen LogP contribution is 2.40. The van der Waals surface area contributed by atoms with Gasteiger partial charge in [-0.1, -0.05) is 24.9 Å². The summed E-state index contributed by atoms with van der Waals surface area (Å²) in [6.45, 7) is 2.16. The van der Waals surface area contributed by atoms with Crippen molar-refractivity contribution >= 4 is 39.2 Å². The van der Waals surface area contributed by atoms with Gasteiger partial charge >= 0.3 is 5.97 Å². The molecule has 0 heterocycles. The molecule has 2 rings (SSSR count). The van der Waals surface area contributed by atoms with Crippen LogP contribution in [0.3, 0.4) is 0 Å². The first-order valence-electron chi connectivity index (χ1n) is 6.82. The molecule has 0 aromatic heterocycles. The fourth-order valence-electron chi connectivity index (χ4n) is 2.89. The monoisotopic (exact) mass is 359 g/mol. The van der Waals surface area contributed by atoms with Gasteiger partial charge < -0.3 is 10.1 Å². The number of halogens is 2. The van der Waals surface area contributed by atoms with Crippen LogP contribution in [0.15, 0.2) is 22.7 Å². The van der Waals surface area contributed by atoms with Crippen molar-refractivity contribution in [3.63, 3.8) is 0 Å². The molecule has 110 valence electrons. The molecular formula is C15H19BrClNO2. The van der Waals surface area contributed by atoms with E-state index in [1.54, 1.807) is 0 Å². The third kappa shape index (κ3) is 3.12. The van der Waals surface area contributed by atoms with E-state index in [2.05, 4.69) is 28.2 Å². The van der Waals surface area contributed by atoms with E-state index in [0.717, 1.165) is 35.8 Å². The first-order valence-corrected chi connectivity index (χ1v) is 7.99. The van der Waals surface area contributed by atoms with Crippen molar-refractivity contribution in [2.45, 2.75) is 38.1 Å². The quantitative estimate of drug-likeness (QED) is 0.795. The molecule has 1 aliphatic rings. The molecule has 0 bridgehead atoms. The maximum absolute atomic E-state index is 12.2. The van der Waals surface area contributed by atoms with Gasteiger partial charge in [-0.15, -0.1) is 0 Å². The van der Waals surface area contributed by atoms with Gasteiger partial charge in [0.25, 0.3) is 0 Å². The largest absolute Gasteiger partial charge is 0.467 e. The number of ether oxygens (including phenoxy) is 1. The van der Waals surface area contributed by atoms with E-state index in [1.165, 1.54) is 7.11 Å². The molecule has 0 aliphatic heterocycles. The van der Waals surface area contributed by atoms with Crippen molar-refractivity contribution in [1.82, 2.24) is 0 Å². The molecule has 3 nitrogen and oxygen atoms in total. The van der Waals surface area contributed by atoms with Crippen LogP contribution in [0.5, 0.6) is 0 Å². The van der Waals surface area contributed by atoms with E-state index in [0.29, 0.717) is 10.9 Å². The van der Waals surface area contributed by atoms with Gasteiger partial charge in [0.2, 0.25) is 0 Å². The average Bonchev–Trinajstić information content (AvgIpc) is 2.86. The standard InChI is InChI=1S/C15H19BrClNO2/c1-3-10-6-7-15(9-10,14(19)20-2)18-11-4-5-13(17)12(16)8-11/h4-5,8,10,18H,3,6-7,9H2,1-2H3. The summed E-state index contributed by atoms with van der Waals surface area (Å²) in [7, 11) is 1.45.